The molecule has 218 valence electrons. The molecule has 2 heterocycles. The predicted molar refractivity (Wildman–Crippen MR) is 157 cm³/mol. The number of hydrogen-bond donors (Lipinski definition) is 1. The zero-order chi connectivity index (χ0) is 30.6. The molecule has 0 spiro atoms. The summed E-state index contributed by atoms with van der Waals surface area (Å²) in [5, 5.41) is 6.96. The molecule has 4 rings (SSSR count). The van der Waals surface area contributed by atoms with E-state index in [0.717, 1.165) is 10.1 Å². The summed E-state index contributed by atoms with van der Waals surface area (Å²) >= 11 is 0. The van der Waals surface area contributed by atoms with Crippen LogP contribution < -0.4 is 19.7 Å². The molecule has 0 radical (unpaired) electrons. The van der Waals surface area contributed by atoms with E-state index in [1.807, 2.05) is 12.1 Å². The number of ether oxygens (including phenoxy) is 3. The van der Waals surface area contributed by atoms with Crippen LogP contribution in [0, 0.1) is 0 Å². The van der Waals surface area contributed by atoms with Gasteiger partial charge in [-0.3, -0.25) is 4.79 Å². The highest BCUT2D eigenvalue weighted by Crippen LogP contribution is 2.32. The zero-order valence-electron chi connectivity index (χ0n) is 24.4. The molecule has 0 aliphatic heterocycles. The Hall–Kier alpha value is -5.26. The van der Waals surface area contributed by atoms with Gasteiger partial charge in [0.1, 0.15) is 18.9 Å². The molecule has 0 saturated heterocycles. The Morgan fingerprint density at radius 1 is 1.00 bits per heavy atom. The molecule has 2 aromatic heterocycles. The second-order valence-electron chi connectivity index (χ2n) is 10.3. The minimum atomic E-state index is -0.697. The fraction of sp³-hybridized carbons (Fsp3) is 0.267. The Morgan fingerprint density at radius 3 is 2.33 bits per heavy atom. The highest BCUT2D eigenvalue weighted by atomic mass is 16.6. The van der Waals surface area contributed by atoms with Gasteiger partial charge in [-0.2, -0.15) is 5.10 Å². The molecule has 0 atom stereocenters. The molecule has 2 aromatic carbocycles. The predicted octanol–water partition coefficient (Wildman–Crippen LogP) is 4.09. The van der Waals surface area contributed by atoms with Crippen LogP contribution in [0.4, 0.5) is 16.2 Å². The standard InChI is InChI=1S/C30H32N6O6/c1-30(2,3)42-29(39)32-18-27(37)34(4)20-9-11-21(12-10-20)35(5)28(38)22-17-26-31-15-14-23(36(26)33-22)19-8-13-24(40-6)25(16-19)41-7/h8-17H,4,18H2,1-3,5-7H3/p+1. The van der Waals surface area contributed by atoms with Crippen molar-refractivity contribution in [2.75, 3.05) is 32.7 Å². The number of amides is 3. The lowest BCUT2D eigenvalue weighted by molar-refractivity contribution is -0.357. The first-order chi connectivity index (χ1) is 19.9. The van der Waals surface area contributed by atoms with Gasteiger partial charge < -0.3 is 24.4 Å². The highest BCUT2D eigenvalue weighted by Gasteiger charge is 2.23. The SMILES string of the molecule is C=[N+](C(=O)CNC(=O)OC(C)(C)C)c1ccc(N(C)C(=O)c2cc3nccc(-c4ccc(OC)c(OC)c4)n3n2)cc1. The number of methoxy groups -OCH3 is 2. The highest BCUT2D eigenvalue weighted by molar-refractivity contribution is 6.05. The van der Waals surface area contributed by atoms with Crippen molar-refractivity contribution in [1.29, 1.82) is 0 Å². The third-order valence-electron chi connectivity index (χ3n) is 6.19. The van der Waals surface area contributed by atoms with Gasteiger partial charge in [0.25, 0.3) is 5.91 Å². The smallest absolute Gasteiger partial charge is 0.411 e. The van der Waals surface area contributed by atoms with E-state index in [-0.39, 0.29) is 18.1 Å². The number of fused-ring (bicyclic) bond motifs is 1. The first-order valence-corrected chi connectivity index (χ1v) is 13.0. The minimum absolute atomic E-state index is 0.198. The molecule has 12 nitrogen and oxygen atoms in total. The number of rotatable bonds is 8. The third kappa shape index (κ3) is 6.54. The van der Waals surface area contributed by atoms with Gasteiger partial charge >= 0.3 is 12.0 Å². The van der Waals surface area contributed by atoms with Gasteiger partial charge in [0.05, 0.1) is 19.9 Å². The molecule has 0 aliphatic rings. The molecule has 0 fully saturated rings. The number of alkyl carbamates (subject to hydrolysis) is 1. The summed E-state index contributed by atoms with van der Waals surface area (Å²) in [4.78, 5) is 43.5. The molecule has 3 amide bonds. The van der Waals surface area contributed by atoms with E-state index in [2.05, 4.69) is 22.1 Å². The van der Waals surface area contributed by atoms with Crippen LogP contribution in [-0.2, 0) is 9.53 Å². The van der Waals surface area contributed by atoms with Gasteiger partial charge in [0.2, 0.25) is 5.69 Å². The number of benzene rings is 2. The van der Waals surface area contributed by atoms with Crippen LogP contribution in [-0.4, -0.2) is 77.2 Å². The van der Waals surface area contributed by atoms with Crippen molar-refractivity contribution in [3.05, 3.63) is 66.5 Å². The lowest BCUT2D eigenvalue weighted by Crippen LogP contribution is -2.37. The second kappa shape index (κ2) is 12.1. The summed E-state index contributed by atoms with van der Waals surface area (Å²) in [6, 6.07) is 15.6. The van der Waals surface area contributed by atoms with E-state index in [9.17, 15) is 14.4 Å². The van der Waals surface area contributed by atoms with Gasteiger partial charge in [0.15, 0.2) is 22.8 Å². The first-order valence-electron chi connectivity index (χ1n) is 13.0. The van der Waals surface area contributed by atoms with Crippen molar-refractivity contribution < 1.29 is 33.2 Å². The van der Waals surface area contributed by atoms with Crippen LogP contribution in [0.25, 0.3) is 16.9 Å². The normalized spacial score (nSPS) is 11.1. The number of carbonyl (C=O) groups is 3. The maximum atomic E-state index is 13.4. The van der Waals surface area contributed by atoms with Crippen LogP contribution in [0.3, 0.4) is 0 Å². The van der Waals surface area contributed by atoms with Gasteiger partial charge in [-0.25, -0.2) is 19.1 Å². The number of carbonyl (C=O) groups excluding carboxylic acids is 3. The molecule has 0 saturated carbocycles. The van der Waals surface area contributed by atoms with Crippen molar-refractivity contribution in [2.45, 2.75) is 26.4 Å². The number of hydrogen-bond acceptors (Lipinski definition) is 8. The summed E-state index contributed by atoms with van der Waals surface area (Å²) in [5.74, 6) is 0.365. The number of aromatic nitrogens is 3. The van der Waals surface area contributed by atoms with E-state index >= 15 is 0 Å². The molecule has 0 unspecified atom stereocenters. The number of nitrogens with one attached hydrogen (secondary N) is 1. The van der Waals surface area contributed by atoms with Crippen molar-refractivity contribution in [2.24, 2.45) is 0 Å². The Morgan fingerprint density at radius 2 is 1.69 bits per heavy atom. The fourth-order valence-corrected chi connectivity index (χ4v) is 4.06. The zero-order valence-corrected chi connectivity index (χ0v) is 24.4. The van der Waals surface area contributed by atoms with Crippen LogP contribution in [0.1, 0.15) is 31.3 Å². The first kappa shape index (κ1) is 29.7. The van der Waals surface area contributed by atoms with Gasteiger partial charge in [-0.15, -0.1) is 4.58 Å². The molecule has 12 heteroatoms. The van der Waals surface area contributed by atoms with Crippen molar-refractivity contribution >= 4 is 41.6 Å². The van der Waals surface area contributed by atoms with Crippen LogP contribution >= 0.6 is 0 Å². The minimum Gasteiger partial charge on any atom is -0.493 e. The molecular formula is C30H33N6O6+. The van der Waals surface area contributed by atoms with E-state index < -0.39 is 17.6 Å². The average molecular weight is 574 g/mol. The fourth-order valence-electron chi connectivity index (χ4n) is 4.06. The van der Waals surface area contributed by atoms with Crippen LogP contribution in [0.5, 0.6) is 11.5 Å². The van der Waals surface area contributed by atoms with Gasteiger partial charge in [-0.1, -0.05) is 0 Å². The molecular weight excluding hydrogens is 540 g/mol. The summed E-state index contributed by atoms with van der Waals surface area (Å²) in [7, 11) is 4.76. The number of anilines is 1. The Kier molecular flexibility index (Phi) is 8.55. The molecule has 0 aliphatic carbocycles. The van der Waals surface area contributed by atoms with Crippen LogP contribution in [0.2, 0.25) is 0 Å². The summed E-state index contributed by atoms with van der Waals surface area (Å²) in [6.07, 6.45) is 0.951. The molecule has 0 bridgehead atoms. The Labute approximate surface area is 243 Å². The van der Waals surface area contributed by atoms with E-state index in [1.54, 1.807) is 95.2 Å². The third-order valence-corrected chi connectivity index (χ3v) is 6.19. The molecule has 4 aromatic rings. The van der Waals surface area contributed by atoms with Gasteiger partial charge in [0, 0.05) is 42.7 Å². The second-order valence-corrected chi connectivity index (χ2v) is 10.3. The molecule has 42 heavy (non-hydrogen) atoms. The van der Waals surface area contributed by atoms with E-state index in [1.165, 1.54) is 4.90 Å². The van der Waals surface area contributed by atoms with Crippen LogP contribution in [0.15, 0.2) is 60.8 Å². The van der Waals surface area contributed by atoms with Gasteiger partial charge in [-0.05, 0) is 57.2 Å². The summed E-state index contributed by atoms with van der Waals surface area (Å²) in [5.41, 5.74) is 2.59. The summed E-state index contributed by atoms with van der Waals surface area (Å²) in [6.45, 7) is 8.68. The summed E-state index contributed by atoms with van der Waals surface area (Å²) < 4.78 is 18.7. The van der Waals surface area contributed by atoms with Crippen molar-refractivity contribution in [1.82, 2.24) is 19.9 Å². The Bertz CT molecular complexity index is 1660. The maximum absolute atomic E-state index is 13.4. The maximum Gasteiger partial charge on any atom is 0.411 e. The monoisotopic (exact) mass is 573 g/mol. The van der Waals surface area contributed by atoms with E-state index in [4.69, 9.17) is 14.2 Å². The largest absolute Gasteiger partial charge is 0.493 e. The quantitative estimate of drug-likeness (QED) is 0.247. The average Bonchev–Trinajstić information content (AvgIpc) is 3.42. The van der Waals surface area contributed by atoms with Crippen molar-refractivity contribution in [3.8, 4) is 22.8 Å². The lowest BCUT2D eigenvalue weighted by atomic mass is 10.1. The number of nitrogens with zero attached hydrogens (tertiary/aromatic N) is 5. The molecule has 1 N–H and O–H groups in total. The lowest BCUT2D eigenvalue weighted by Gasteiger charge is -2.19. The Balaban J connectivity index is 1.48. The van der Waals surface area contributed by atoms with Crippen molar-refractivity contribution in [3.63, 3.8) is 0 Å². The van der Waals surface area contributed by atoms with E-state index in [0.29, 0.717) is 34.2 Å². The topological polar surface area (TPSA) is 127 Å².